The van der Waals surface area contributed by atoms with Crippen molar-refractivity contribution in [3.05, 3.63) is 102 Å². The first kappa shape index (κ1) is 30.9. The highest BCUT2D eigenvalue weighted by Crippen LogP contribution is 2.39. The number of fused-ring (bicyclic) bond motifs is 1. The van der Waals surface area contributed by atoms with Gasteiger partial charge in [0.25, 0.3) is 15.9 Å². The fourth-order valence-corrected chi connectivity index (χ4v) is 7.27. The average Bonchev–Trinajstić information content (AvgIpc) is 3.03. The van der Waals surface area contributed by atoms with Gasteiger partial charge in [0.1, 0.15) is 5.75 Å². The second-order valence-corrected chi connectivity index (χ2v) is 13.1. The molecule has 0 heterocycles. The number of hydrogen-bond donors (Lipinski definition) is 3. The van der Waals surface area contributed by atoms with Gasteiger partial charge in [-0.05, 0) is 55.5 Å². The van der Waals surface area contributed by atoms with Crippen molar-refractivity contribution in [3.63, 3.8) is 0 Å². The summed E-state index contributed by atoms with van der Waals surface area (Å²) in [6, 6.07) is 26.7. The normalized spacial score (nSPS) is 18.3. The van der Waals surface area contributed by atoms with Gasteiger partial charge in [-0.3, -0.25) is 4.79 Å². The molecule has 4 aromatic carbocycles. The smallest absolute Gasteiger partial charge is 0.328 e. The molecular formula is C34H38N4O5S. The van der Waals surface area contributed by atoms with Crippen LogP contribution < -0.4 is 25.0 Å². The lowest BCUT2D eigenvalue weighted by atomic mass is 9.68. The van der Waals surface area contributed by atoms with E-state index in [1.165, 1.54) is 13.2 Å². The Morgan fingerprint density at radius 3 is 2.23 bits per heavy atom. The van der Waals surface area contributed by atoms with Gasteiger partial charge in [-0.2, -0.15) is 0 Å². The van der Waals surface area contributed by atoms with Gasteiger partial charge in [0.05, 0.1) is 17.6 Å². The number of amides is 3. The summed E-state index contributed by atoms with van der Waals surface area (Å²) >= 11 is 0. The van der Waals surface area contributed by atoms with E-state index in [9.17, 15) is 18.0 Å². The van der Waals surface area contributed by atoms with E-state index in [-0.39, 0.29) is 22.3 Å². The second-order valence-electron chi connectivity index (χ2n) is 11.4. The number of benzene rings is 4. The summed E-state index contributed by atoms with van der Waals surface area (Å²) in [6.45, 7) is 0.414. The molecule has 1 saturated carbocycles. The van der Waals surface area contributed by atoms with Crippen LogP contribution in [-0.2, 0) is 15.4 Å². The van der Waals surface area contributed by atoms with E-state index in [1.807, 2.05) is 55.4 Å². The molecule has 0 aliphatic heterocycles. The van der Waals surface area contributed by atoms with Crippen LogP contribution in [0, 0.1) is 0 Å². The summed E-state index contributed by atoms with van der Waals surface area (Å²) in [4.78, 5) is 28.1. The van der Waals surface area contributed by atoms with Crippen molar-refractivity contribution in [1.29, 1.82) is 0 Å². The molecule has 0 aromatic heterocycles. The van der Waals surface area contributed by atoms with Gasteiger partial charge in [0.2, 0.25) is 0 Å². The van der Waals surface area contributed by atoms with Crippen molar-refractivity contribution in [2.75, 3.05) is 32.6 Å². The molecule has 0 radical (unpaired) electrons. The predicted octanol–water partition coefficient (Wildman–Crippen LogP) is 5.21. The first-order valence-electron chi connectivity index (χ1n) is 14.6. The Kier molecular flexibility index (Phi) is 9.10. The Balaban J connectivity index is 1.26. The Hall–Kier alpha value is -4.57. The van der Waals surface area contributed by atoms with Gasteiger partial charge >= 0.3 is 6.03 Å². The average molecular weight is 615 g/mol. The van der Waals surface area contributed by atoms with Crippen molar-refractivity contribution in [3.8, 4) is 5.75 Å². The molecule has 0 bridgehead atoms. The zero-order chi connectivity index (χ0) is 31.3. The van der Waals surface area contributed by atoms with Crippen molar-refractivity contribution in [2.24, 2.45) is 0 Å². The Morgan fingerprint density at radius 2 is 1.52 bits per heavy atom. The molecule has 9 nitrogen and oxygen atoms in total. The minimum atomic E-state index is -4.13. The lowest BCUT2D eigenvalue weighted by Crippen LogP contribution is -2.50. The molecule has 0 unspecified atom stereocenters. The van der Waals surface area contributed by atoms with E-state index in [0.717, 1.165) is 16.6 Å². The van der Waals surface area contributed by atoms with Gasteiger partial charge in [0, 0.05) is 48.6 Å². The quantitative estimate of drug-likeness (QED) is 0.238. The van der Waals surface area contributed by atoms with Crippen LogP contribution in [0.3, 0.4) is 0 Å². The van der Waals surface area contributed by atoms with Crippen LogP contribution in [0.5, 0.6) is 5.75 Å². The molecule has 0 spiro atoms. The SMILES string of the molecule is COc1ccccc1C(=O)NC[C@]1(c2ccccc2)CC[C@H](NC(=O)NS(=O)(=O)c2cccc3c(N(C)C)cccc23)CC1. The minimum absolute atomic E-state index is 0.0476. The van der Waals surface area contributed by atoms with Crippen LogP contribution in [0.2, 0.25) is 0 Å². The number of para-hydroxylation sites is 1. The maximum atomic E-state index is 13.3. The van der Waals surface area contributed by atoms with Crippen LogP contribution in [-0.4, -0.2) is 54.1 Å². The molecule has 5 rings (SSSR count). The van der Waals surface area contributed by atoms with Crippen LogP contribution in [0.25, 0.3) is 10.8 Å². The molecule has 44 heavy (non-hydrogen) atoms. The van der Waals surface area contributed by atoms with Crippen LogP contribution in [0.4, 0.5) is 10.5 Å². The van der Waals surface area contributed by atoms with Crippen molar-refractivity contribution in [1.82, 2.24) is 15.4 Å². The first-order valence-corrected chi connectivity index (χ1v) is 16.1. The third kappa shape index (κ3) is 6.50. The maximum Gasteiger partial charge on any atom is 0.328 e. The lowest BCUT2D eigenvalue weighted by molar-refractivity contribution is 0.0932. The van der Waals surface area contributed by atoms with Gasteiger partial charge in [0.15, 0.2) is 0 Å². The van der Waals surface area contributed by atoms with Gasteiger partial charge in [-0.15, -0.1) is 0 Å². The number of rotatable bonds is 9. The summed E-state index contributed by atoms with van der Waals surface area (Å²) in [5.74, 6) is 0.294. The van der Waals surface area contributed by atoms with Gasteiger partial charge < -0.3 is 20.3 Å². The zero-order valence-corrected chi connectivity index (χ0v) is 26.0. The maximum absolute atomic E-state index is 13.3. The number of carbonyl (C=O) groups is 2. The highest BCUT2D eigenvalue weighted by atomic mass is 32.2. The highest BCUT2D eigenvalue weighted by molar-refractivity contribution is 7.90. The number of nitrogens with zero attached hydrogens (tertiary/aromatic N) is 1. The van der Waals surface area contributed by atoms with Gasteiger partial charge in [-0.25, -0.2) is 17.9 Å². The molecule has 4 aromatic rings. The van der Waals surface area contributed by atoms with E-state index >= 15 is 0 Å². The summed E-state index contributed by atoms with van der Waals surface area (Å²) in [7, 11) is 1.20. The summed E-state index contributed by atoms with van der Waals surface area (Å²) in [5.41, 5.74) is 2.12. The first-order chi connectivity index (χ1) is 21.1. The molecular weight excluding hydrogens is 576 g/mol. The van der Waals surface area contributed by atoms with Crippen molar-refractivity contribution < 1.29 is 22.7 Å². The summed E-state index contributed by atoms with van der Waals surface area (Å²) < 4.78 is 34.3. The molecule has 230 valence electrons. The molecule has 1 aliphatic carbocycles. The van der Waals surface area contributed by atoms with E-state index in [1.54, 1.807) is 36.4 Å². The van der Waals surface area contributed by atoms with Crippen LogP contribution in [0.1, 0.15) is 41.6 Å². The zero-order valence-electron chi connectivity index (χ0n) is 25.2. The molecule has 0 atom stereocenters. The largest absolute Gasteiger partial charge is 0.496 e. The standard InChI is InChI=1S/C34H38N4O5S/c1-38(2)29-16-9-15-27-26(29)14-10-18-31(27)44(41,42)37-33(40)36-25-19-21-34(22-20-25,24-11-5-4-6-12-24)23-35-32(39)28-13-7-8-17-30(28)43-3/h4-18,25H,19-23H2,1-3H3,(H,35,39)(H2,36,37,40)/t25-,34-. The monoisotopic (exact) mass is 614 g/mol. The summed E-state index contributed by atoms with van der Waals surface area (Å²) in [6.07, 6.45) is 2.62. The highest BCUT2D eigenvalue weighted by Gasteiger charge is 2.38. The number of urea groups is 1. The predicted molar refractivity (Wildman–Crippen MR) is 173 cm³/mol. The number of carbonyl (C=O) groups excluding carboxylic acids is 2. The van der Waals surface area contributed by atoms with Crippen LogP contribution >= 0.6 is 0 Å². The number of hydrogen-bond acceptors (Lipinski definition) is 6. The molecule has 0 saturated heterocycles. The Labute approximate surface area is 258 Å². The second kappa shape index (κ2) is 13.0. The Morgan fingerprint density at radius 1 is 0.864 bits per heavy atom. The summed E-state index contributed by atoms with van der Waals surface area (Å²) in [5, 5.41) is 7.31. The Bertz CT molecular complexity index is 1750. The third-order valence-electron chi connectivity index (χ3n) is 8.46. The van der Waals surface area contributed by atoms with E-state index in [2.05, 4.69) is 27.5 Å². The number of methoxy groups -OCH3 is 1. The van der Waals surface area contributed by atoms with Gasteiger partial charge in [-0.1, -0.05) is 66.7 Å². The van der Waals surface area contributed by atoms with Crippen molar-refractivity contribution in [2.45, 2.75) is 42.0 Å². The van der Waals surface area contributed by atoms with Crippen LogP contribution in [0.15, 0.2) is 95.9 Å². The van der Waals surface area contributed by atoms with E-state index in [4.69, 9.17) is 4.74 Å². The fraction of sp³-hybridized carbons (Fsp3) is 0.294. The molecule has 10 heteroatoms. The van der Waals surface area contributed by atoms with Crippen molar-refractivity contribution >= 4 is 38.4 Å². The minimum Gasteiger partial charge on any atom is -0.496 e. The van der Waals surface area contributed by atoms with E-state index in [0.29, 0.717) is 48.9 Å². The number of sulfonamides is 1. The molecule has 3 amide bonds. The lowest BCUT2D eigenvalue weighted by Gasteiger charge is -2.41. The fourth-order valence-electron chi connectivity index (χ4n) is 6.13. The molecule has 1 fully saturated rings. The third-order valence-corrected chi connectivity index (χ3v) is 9.85. The number of anilines is 1. The molecule has 1 aliphatic rings. The molecule has 3 N–H and O–H groups in total. The topological polar surface area (TPSA) is 117 Å². The number of nitrogens with one attached hydrogen (secondary N) is 3. The number of ether oxygens (including phenoxy) is 1. The van der Waals surface area contributed by atoms with E-state index < -0.39 is 16.1 Å².